The lowest BCUT2D eigenvalue weighted by Gasteiger charge is -2.47. The highest BCUT2D eigenvalue weighted by Gasteiger charge is 2.41. The molecule has 1 aromatic heterocycles. The Kier molecular flexibility index (Phi) is 4.59. The number of hydrogen-bond acceptors (Lipinski definition) is 2. The van der Waals surface area contributed by atoms with Crippen molar-refractivity contribution in [2.45, 2.75) is 38.1 Å². The number of hydrogen-bond donors (Lipinski definition) is 1. The second-order valence-electron chi connectivity index (χ2n) is 7.40. The molecule has 1 fully saturated rings. The molecule has 4 atom stereocenters. The molecule has 0 amide bonds. The summed E-state index contributed by atoms with van der Waals surface area (Å²) in [5.74, 6) is 1.87. The summed E-state index contributed by atoms with van der Waals surface area (Å²) in [6.07, 6.45) is 5.17. The average molecular weight is 365 g/mol. The maximum absolute atomic E-state index is 11.8. The van der Waals surface area contributed by atoms with Crippen LogP contribution in [0.1, 0.15) is 36.8 Å². The molecule has 0 radical (unpaired) electrons. The quantitative estimate of drug-likeness (QED) is 0.835. The third kappa shape index (κ3) is 2.78. The molecule has 1 saturated heterocycles. The average Bonchev–Trinajstić information content (AvgIpc) is 2.85. The second-order valence-corrected chi connectivity index (χ2v) is 9.26. The van der Waals surface area contributed by atoms with E-state index in [1.807, 2.05) is 6.26 Å². The zero-order valence-electron chi connectivity index (χ0n) is 14.3. The van der Waals surface area contributed by atoms with Gasteiger partial charge in [0.2, 0.25) is 0 Å². The van der Waals surface area contributed by atoms with Gasteiger partial charge in [-0.1, -0.05) is 41.8 Å². The number of aromatic amines is 1. The SMILES string of the molecule is CCCN1C[C@H](C[S+](C)[O-])CC2c3cccc4[nH]c(Cl)c(c34)C[C@H]21. The molecule has 1 aromatic carbocycles. The van der Waals surface area contributed by atoms with Crippen molar-refractivity contribution >= 4 is 33.7 Å². The second kappa shape index (κ2) is 6.56. The summed E-state index contributed by atoms with van der Waals surface area (Å²) in [5.41, 5.74) is 3.89. The number of fused-ring (bicyclic) bond motifs is 2. The molecule has 1 aliphatic carbocycles. The summed E-state index contributed by atoms with van der Waals surface area (Å²) in [5, 5.41) is 2.16. The van der Waals surface area contributed by atoms with Crippen LogP contribution in [0.5, 0.6) is 0 Å². The van der Waals surface area contributed by atoms with E-state index in [1.54, 1.807) is 0 Å². The van der Waals surface area contributed by atoms with Crippen LogP contribution in [0.2, 0.25) is 5.15 Å². The maximum atomic E-state index is 11.8. The number of halogens is 1. The van der Waals surface area contributed by atoms with Crippen LogP contribution in [-0.2, 0) is 17.6 Å². The Morgan fingerprint density at radius 1 is 1.42 bits per heavy atom. The molecule has 2 aliphatic rings. The van der Waals surface area contributed by atoms with E-state index in [1.165, 1.54) is 16.5 Å². The minimum absolute atomic E-state index is 0.523. The van der Waals surface area contributed by atoms with Gasteiger partial charge in [-0.25, -0.2) is 0 Å². The first-order chi connectivity index (χ1) is 11.6. The number of piperidine rings is 1. The van der Waals surface area contributed by atoms with E-state index >= 15 is 0 Å². The van der Waals surface area contributed by atoms with Crippen LogP contribution >= 0.6 is 11.6 Å². The molecular weight excluding hydrogens is 340 g/mol. The lowest BCUT2D eigenvalue weighted by Crippen LogP contribution is -2.51. The minimum atomic E-state index is -0.726. The van der Waals surface area contributed by atoms with Gasteiger partial charge in [-0.15, -0.1) is 0 Å². The van der Waals surface area contributed by atoms with E-state index in [0.717, 1.165) is 48.8 Å². The Labute approximate surface area is 151 Å². The smallest absolute Gasteiger partial charge is 0.110 e. The van der Waals surface area contributed by atoms with Gasteiger partial charge >= 0.3 is 0 Å². The minimum Gasteiger partial charge on any atom is -0.617 e. The van der Waals surface area contributed by atoms with Gasteiger partial charge in [-0.05, 0) is 43.0 Å². The van der Waals surface area contributed by atoms with Gasteiger partial charge in [0.05, 0.1) is 6.26 Å². The van der Waals surface area contributed by atoms with E-state index in [2.05, 4.69) is 35.0 Å². The maximum Gasteiger partial charge on any atom is 0.110 e. The van der Waals surface area contributed by atoms with Gasteiger partial charge in [0.1, 0.15) is 10.9 Å². The summed E-state index contributed by atoms with van der Waals surface area (Å²) in [6, 6.07) is 7.07. The van der Waals surface area contributed by atoms with Crippen molar-refractivity contribution in [2.75, 3.05) is 25.1 Å². The van der Waals surface area contributed by atoms with Crippen LogP contribution in [0.15, 0.2) is 18.2 Å². The van der Waals surface area contributed by atoms with Crippen LogP contribution < -0.4 is 0 Å². The van der Waals surface area contributed by atoms with Gasteiger partial charge in [0.25, 0.3) is 0 Å². The van der Waals surface area contributed by atoms with E-state index in [-0.39, 0.29) is 0 Å². The number of benzene rings is 1. The highest BCUT2D eigenvalue weighted by molar-refractivity contribution is 7.90. The lowest BCUT2D eigenvalue weighted by atomic mass is 9.72. The first-order valence-electron chi connectivity index (χ1n) is 8.91. The molecule has 5 heteroatoms. The van der Waals surface area contributed by atoms with Crippen molar-refractivity contribution in [2.24, 2.45) is 5.92 Å². The monoisotopic (exact) mass is 364 g/mol. The van der Waals surface area contributed by atoms with Crippen LogP contribution in [-0.4, -0.2) is 45.6 Å². The van der Waals surface area contributed by atoms with Crippen molar-refractivity contribution < 1.29 is 4.55 Å². The molecule has 3 nitrogen and oxygen atoms in total. The van der Waals surface area contributed by atoms with Gasteiger partial charge in [-0.3, -0.25) is 4.90 Å². The zero-order chi connectivity index (χ0) is 16.8. The van der Waals surface area contributed by atoms with Crippen LogP contribution in [0.25, 0.3) is 10.9 Å². The van der Waals surface area contributed by atoms with Gasteiger partial charge in [0, 0.05) is 35.3 Å². The predicted octanol–water partition coefficient (Wildman–Crippen LogP) is 3.94. The highest BCUT2D eigenvalue weighted by atomic mass is 35.5. The molecule has 0 spiro atoms. The topological polar surface area (TPSA) is 42.1 Å². The highest BCUT2D eigenvalue weighted by Crippen LogP contribution is 2.46. The lowest BCUT2D eigenvalue weighted by molar-refractivity contribution is 0.0921. The third-order valence-corrected chi connectivity index (χ3v) is 6.98. The van der Waals surface area contributed by atoms with Crippen molar-refractivity contribution in [1.29, 1.82) is 0 Å². The Balaban J connectivity index is 1.76. The Morgan fingerprint density at radius 3 is 3.00 bits per heavy atom. The zero-order valence-corrected chi connectivity index (χ0v) is 15.9. The molecule has 24 heavy (non-hydrogen) atoms. The molecule has 2 aromatic rings. The summed E-state index contributed by atoms with van der Waals surface area (Å²) in [6.45, 7) is 4.43. The normalized spacial score (nSPS) is 28.1. The van der Waals surface area contributed by atoms with Crippen molar-refractivity contribution in [3.05, 3.63) is 34.5 Å². The number of nitrogens with zero attached hydrogens (tertiary/aromatic N) is 1. The van der Waals surface area contributed by atoms with Crippen molar-refractivity contribution in [3.63, 3.8) is 0 Å². The molecule has 4 rings (SSSR count). The number of rotatable bonds is 4. The first-order valence-corrected chi connectivity index (χ1v) is 11.0. The Hall–Kier alpha value is -0.680. The van der Waals surface area contributed by atoms with Crippen LogP contribution in [0.4, 0.5) is 0 Å². The Morgan fingerprint density at radius 2 is 2.25 bits per heavy atom. The fourth-order valence-electron chi connectivity index (χ4n) is 4.94. The standard InChI is InChI=1S/C19H25ClN2OS/c1-3-7-22-10-12(11-24(2)23)8-14-13-5-4-6-16-18(13)15(9-17(14)22)19(20)21-16/h4-6,12,14,17,21H,3,7-11H2,1-2H3/t12-,14?,17-,24?/m1/s1. The number of nitrogens with one attached hydrogen (secondary N) is 1. The summed E-state index contributed by atoms with van der Waals surface area (Å²) >= 11 is 5.79. The van der Waals surface area contributed by atoms with E-state index in [9.17, 15) is 4.55 Å². The molecule has 130 valence electrons. The number of H-pyrrole nitrogens is 1. The summed E-state index contributed by atoms with van der Waals surface area (Å²) < 4.78 is 11.8. The third-order valence-electron chi connectivity index (χ3n) is 5.72. The summed E-state index contributed by atoms with van der Waals surface area (Å²) in [4.78, 5) is 5.99. The molecule has 1 aliphatic heterocycles. The fraction of sp³-hybridized carbons (Fsp3) is 0.579. The van der Waals surface area contributed by atoms with E-state index < -0.39 is 11.2 Å². The van der Waals surface area contributed by atoms with Gasteiger partial charge in [0.15, 0.2) is 0 Å². The molecule has 0 saturated carbocycles. The molecule has 0 bridgehead atoms. The fourth-order valence-corrected chi connectivity index (χ4v) is 6.12. The van der Waals surface area contributed by atoms with Crippen LogP contribution in [0, 0.1) is 5.92 Å². The Bertz CT molecular complexity index is 744. The predicted molar refractivity (Wildman–Crippen MR) is 102 cm³/mol. The van der Waals surface area contributed by atoms with Crippen molar-refractivity contribution in [1.82, 2.24) is 9.88 Å². The van der Waals surface area contributed by atoms with E-state index in [0.29, 0.717) is 17.9 Å². The molecule has 2 heterocycles. The number of aromatic nitrogens is 1. The molecule has 1 N–H and O–H groups in total. The molecular formula is C19H25ClN2OS. The van der Waals surface area contributed by atoms with Gasteiger partial charge in [-0.2, -0.15) is 0 Å². The largest absolute Gasteiger partial charge is 0.617 e. The van der Waals surface area contributed by atoms with E-state index in [4.69, 9.17) is 11.6 Å². The van der Waals surface area contributed by atoms with Crippen LogP contribution in [0.3, 0.4) is 0 Å². The number of likely N-dealkylation sites (tertiary alicyclic amines) is 1. The molecule has 2 unspecified atom stereocenters. The summed E-state index contributed by atoms with van der Waals surface area (Å²) in [7, 11) is 0. The van der Waals surface area contributed by atoms with Gasteiger partial charge < -0.3 is 9.54 Å². The first kappa shape index (κ1) is 16.8. The van der Waals surface area contributed by atoms with Crippen molar-refractivity contribution in [3.8, 4) is 0 Å².